The molecule has 0 aromatic heterocycles. The Morgan fingerprint density at radius 3 is 2.56 bits per heavy atom. The number of anilines is 1. The zero-order valence-corrected chi connectivity index (χ0v) is 11.1. The Morgan fingerprint density at radius 1 is 1.31 bits per heavy atom. The van der Waals surface area contributed by atoms with E-state index in [9.17, 15) is 0 Å². The minimum atomic E-state index is 0.850. The lowest BCUT2D eigenvalue weighted by Gasteiger charge is -2.23. The molecule has 0 amide bonds. The molecule has 0 radical (unpaired) electrons. The summed E-state index contributed by atoms with van der Waals surface area (Å²) in [4.78, 5) is 2.31. The molecule has 1 N–H and O–H groups in total. The van der Waals surface area contributed by atoms with Gasteiger partial charge in [-0.05, 0) is 38.1 Å². The summed E-state index contributed by atoms with van der Waals surface area (Å²) in [5.41, 5.74) is 2.37. The van der Waals surface area contributed by atoms with Gasteiger partial charge in [0.05, 0.1) is 10.7 Å². The molecule has 0 fully saturated rings. The van der Waals surface area contributed by atoms with Gasteiger partial charge in [0.1, 0.15) is 0 Å². The smallest absolute Gasteiger partial charge is 0.0642 e. The van der Waals surface area contributed by atoms with Crippen molar-refractivity contribution in [3.05, 3.63) is 28.8 Å². The van der Waals surface area contributed by atoms with Crippen LogP contribution in [0.5, 0.6) is 0 Å². The van der Waals surface area contributed by atoms with Crippen LogP contribution in [0.4, 0.5) is 5.69 Å². The average molecular weight is 241 g/mol. The van der Waals surface area contributed by atoms with Gasteiger partial charge in [-0.2, -0.15) is 0 Å². The second-order valence-electron chi connectivity index (χ2n) is 3.90. The van der Waals surface area contributed by atoms with Gasteiger partial charge in [-0.3, -0.25) is 0 Å². The molecule has 0 saturated heterocycles. The second-order valence-corrected chi connectivity index (χ2v) is 4.30. The first-order valence-corrected chi connectivity index (χ1v) is 6.28. The Balaban J connectivity index is 2.87. The Morgan fingerprint density at radius 2 is 2.06 bits per heavy atom. The van der Waals surface area contributed by atoms with E-state index in [1.165, 1.54) is 5.56 Å². The molecule has 2 nitrogen and oxygen atoms in total. The zero-order chi connectivity index (χ0) is 12.0. The van der Waals surface area contributed by atoms with Crippen LogP contribution in [-0.2, 0) is 6.54 Å². The fourth-order valence-corrected chi connectivity index (χ4v) is 2.16. The first-order chi connectivity index (χ1) is 7.72. The number of hydrogen-bond donors (Lipinski definition) is 1. The van der Waals surface area contributed by atoms with Crippen molar-refractivity contribution in [1.82, 2.24) is 5.32 Å². The molecular formula is C13H21ClN2. The Bertz CT molecular complexity index is 326. The monoisotopic (exact) mass is 240 g/mol. The third-order valence-corrected chi connectivity index (χ3v) is 2.91. The lowest BCUT2D eigenvalue weighted by atomic mass is 10.2. The highest BCUT2D eigenvalue weighted by molar-refractivity contribution is 6.33. The van der Waals surface area contributed by atoms with Crippen molar-refractivity contribution < 1.29 is 0 Å². The van der Waals surface area contributed by atoms with Crippen LogP contribution in [0.15, 0.2) is 18.2 Å². The summed E-state index contributed by atoms with van der Waals surface area (Å²) in [5, 5.41) is 3.98. The van der Waals surface area contributed by atoms with Crippen LogP contribution in [0.25, 0.3) is 0 Å². The maximum absolute atomic E-state index is 6.30. The lowest BCUT2D eigenvalue weighted by Crippen LogP contribution is -2.23. The molecule has 1 rings (SSSR count). The maximum atomic E-state index is 6.30. The Hall–Kier alpha value is -0.730. The molecule has 1 aromatic carbocycles. The summed E-state index contributed by atoms with van der Waals surface area (Å²) < 4.78 is 0. The van der Waals surface area contributed by atoms with Crippen molar-refractivity contribution in [2.24, 2.45) is 0 Å². The first kappa shape index (κ1) is 13.3. The molecular weight excluding hydrogens is 220 g/mol. The number of nitrogens with zero attached hydrogens (tertiary/aromatic N) is 1. The van der Waals surface area contributed by atoms with E-state index in [0.717, 1.165) is 36.8 Å². The van der Waals surface area contributed by atoms with Gasteiger partial charge in [-0.25, -0.2) is 0 Å². The van der Waals surface area contributed by atoms with Gasteiger partial charge in [0, 0.05) is 19.6 Å². The number of nitrogens with one attached hydrogen (secondary N) is 1. The number of hydrogen-bond acceptors (Lipinski definition) is 2. The van der Waals surface area contributed by atoms with Gasteiger partial charge < -0.3 is 10.2 Å². The Labute approximate surface area is 104 Å². The van der Waals surface area contributed by atoms with Crippen molar-refractivity contribution in [2.75, 3.05) is 25.0 Å². The molecule has 0 aliphatic rings. The highest BCUT2D eigenvalue weighted by atomic mass is 35.5. The molecule has 1 aromatic rings. The number of rotatable bonds is 6. The quantitative estimate of drug-likeness (QED) is 0.821. The largest absolute Gasteiger partial charge is 0.371 e. The van der Waals surface area contributed by atoms with Crippen LogP contribution >= 0.6 is 11.6 Å². The Kier molecular flexibility index (Phi) is 5.64. The van der Waals surface area contributed by atoms with Crippen molar-refractivity contribution in [3.63, 3.8) is 0 Å². The fourth-order valence-electron chi connectivity index (χ4n) is 1.84. The highest BCUT2D eigenvalue weighted by Crippen LogP contribution is 2.27. The first-order valence-electron chi connectivity index (χ1n) is 5.90. The van der Waals surface area contributed by atoms with Gasteiger partial charge >= 0.3 is 0 Å². The van der Waals surface area contributed by atoms with Gasteiger partial charge in [-0.15, -0.1) is 0 Å². The summed E-state index contributed by atoms with van der Waals surface area (Å²) in [6, 6.07) is 6.30. The number of halogens is 1. The highest BCUT2D eigenvalue weighted by Gasteiger charge is 2.08. The van der Waals surface area contributed by atoms with Crippen LogP contribution in [0.2, 0.25) is 5.02 Å². The van der Waals surface area contributed by atoms with Crippen LogP contribution in [0.3, 0.4) is 0 Å². The minimum Gasteiger partial charge on any atom is -0.371 e. The molecule has 0 aliphatic carbocycles. The third-order valence-electron chi connectivity index (χ3n) is 2.61. The van der Waals surface area contributed by atoms with Gasteiger partial charge in [-0.1, -0.05) is 24.6 Å². The topological polar surface area (TPSA) is 15.3 Å². The molecule has 16 heavy (non-hydrogen) atoms. The van der Waals surface area contributed by atoms with Gasteiger partial charge in [0.2, 0.25) is 0 Å². The van der Waals surface area contributed by atoms with Crippen molar-refractivity contribution >= 4 is 17.3 Å². The molecule has 0 bridgehead atoms. The summed E-state index contributed by atoms with van der Waals surface area (Å²) in [6.45, 7) is 7.26. The van der Waals surface area contributed by atoms with Crippen LogP contribution < -0.4 is 10.2 Å². The van der Waals surface area contributed by atoms with Crippen LogP contribution in [0, 0.1) is 0 Å². The molecule has 0 saturated carbocycles. The van der Waals surface area contributed by atoms with E-state index in [4.69, 9.17) is 11.6 Å². The lowest BCUT2D eigenvalue weighted by molar-refractivity contribution is 0.789. The summed E-state index contributed by atoms with van der Waals surface area (Å²) >= 11 is 6.30. The van der Waals surface area contributed by atoms with E-state index in [0.29, 0.717) is 0 Å². The standard InChI is InChI=1S/C13H21ClN2/c1-4-8-16(5-2)13-7-6-11(10-15-3)9-12(13)14/h6-7,9,15H,4-5,8,10H2,1-3H3. The van der Waals surface area contributed by atoms with Crippen molar-refractivity contribution in [2.45, 2.75) is 26.8 Å². The molecule has 0 heterocycles. The summed E-state index contributed by atoms with van der Waals surface area (Å²) in [7, 11) is 1.94. The molecule has 0 atom stereocenters. The van der Waals surface area contributed by atoms with Crippen molar-refractivity contribution in [1.29, 1.82) is 0 Å². The predicted octanol–water partition coefficient (Wildman–Crippen LogP) is 3.30. The van der Waals surface area contributed by atoms with Crippen LogP contribution in [-0.4, -0.2) is 20.1 Å². The average Bonchev–Trinajstić information content (AvgIpc) is 2.27. The SMILES string of the molecule is CCCN(CC)c1ccc(CNC)cc1Cl. The number of benzene rings is 1. The molecule has 0 aliphatic heterocycles. The van der Waals surface area contributed by atoms with E-state index in [-0.39, 0.29) is 0 Å². The maximum Gasteiger partial charge on any atom is 0.0642 e. The third kappa shape index (κ3) is 3.39. The van der Waals surface area contributed by atoms with E-state index in [1.807, 2.05) is 13.1 Å². The second kappa shape index (κ2) is 6.77. The van der Waals surface area contributed by atoms with Gasteiger partial charge in [0.15, 0.2) is 0 Å². The van der Waals surface area contributed by atoms with E-state index >= 15 is 0 Å². The fraction of sp³-hybridized carbons (Fsp3) is 0.538. The molecule has 90 valence electrons. The van der Waals surface area contributed by atoms with Crippen LogP contribution in [0.1, 0.15) is 25.8 Å². The van der Waals surface area contributed by atoms with Crippen molar-refractivity contribution in [3.8, 4) is 0 Å². The summed E-state index contributed by atoms with van der Waals surface area (Å²) in [5.74, 6) is 0. The van der Waals surface area contributed by atoms with E-state index in [1.54, 1.807) is 0 Å². The van der Waals surface area contributed by atoms with E-state index < -0.39 is 0 Å². The predicted molar refractivity (Wildman–Crippen MR) is 72.4 cm³/mol. The molecule has 0 unspecified atom stereocenters. The molecule has 3 heteroatoms. The zero-order valence-electron chi connectivity index (χ0n) is 10.4. The van der Waals surface area contributed by atoms with Gasteiger partial charge in [0.25, 0.3) is 0 Å². The summed E-state index contributed by atoms with van der Waals surface area (Å²) in [6.07, 6.45) is 1.14. The molecule has 0 spiro atoms. The minimum absolute atomic E-state index is 0.850. The normalized spacial score (nSPS) is 10.5. The van der Waals surface area contributed by atoms with E-state index in [2.05, 4.69) is 36.2 Å².